The summed E-state index contributed by atoms with van der Waals surface area (Å²) in [7, 11) is 0. The van der Waals surface area contributed by atoms with E-state index in [9.17, 15) is 0 Å². The molecule has 1 fully saturated rings. The summed E-state index contributed by atoms with van der Waals surface area (Å²) in [6.07, 6.45) is 8.36. The Balaban J connectivity index is 1.69. The molecule has 0 aliphatic heterocycles. The Morgan fingerprint density at radius 3 is 2.58 bits per heavy atom. The van der Waals surface area contributed by atoms with Crippen LogP contribution in [0.25, 0.3) is 0 Å². The van der Waals surface area contributed by atoms with Crippen LogP contribution in [0.5, 0.6) is 0 Å². The topological polar surface area (TPSA) is 12.0 Å². The smallest absolute Gasteiger partial charge is 0.00104 e. The Hall–Kier alpha value is -0.820. The van der Waals surface area contributed by atoms with E-state index in [4.69, 9.17) is 0 Å². The van der Waals surface area contributed by atoms with Crippen molar-refractivity contribution in [3.63, 3.8) is 0 Å². The number of hydrogen-bond donors (Lipinski definition) is 1. The van der Waals surface area contributed by atoms with Gasteiger partial charge in [-0.05, 0) is 49.6 Å². The van der Waals surface area contributed by atoms with Gasteiger partial charge in [0.15, 0.2) is 0 Å². The van der Waals surface area contributed by atoms with Crippen molar-refractivity contribution >= 4 is 0 Å². The van der Waals surface area contributed by atoms with E-state index in [1.165, 1.54) is 50.6 Å². The van der Waals surface area contributed by atoms with E-state index in [-0.39, 0.29) is 0 Å². The summed E-state index contributed by atoms with van der Waals surface area (Å²) in [6, 6.07) is 11.6. The van der Waals surface area contributed by atoms with Crippen LogP contribution in [0.15, 0.2) is 30.3 Å². The lowest BCUT2D eigenvalue weighted by Gasteiger charge is -2.21. The Labute approximate surface area is 118 Å². The number of hydrogen-bond acceptors (Lipinski definition) is 1. The molecule has 19 heavy (non-hydrogen) atoms. The molecular formula is C18H29N. The fourth-order valence-electron chi connectivity index (χ4n) is 3.36. The van der Waals surface area contributed by atoms with E-state index >= 15 is 0 Å². The van der Waals surface area contributed by atoms with Gasteiger partial charge in [0.1, 0.15) is 0 Å². The predicted molar refractivity (Wildman–Crippen MR) is 83.3 cm³/mol. The highest BCUT2D eigenvalue weighted by Gasteiger charge is 2.26. The highest BCUT2D eigenvalue weighted by Crippen LogP contribution is 2.34. The van der Waals surface area contributed by atoms with E-state index in [1.54, 1.807) is 0 Å². The molecule has 1 nitrogen and oxygen atoms in total. The molecule has 0 bridgehead atoms. The van der Waals surface area contributed by atoms with Crippen molar-refractivity contribution in [3.8, 4) is 0 Å². The van der Waals surface area contributed by atoms with Gasteiger partial charge in [0.2, 0.25) is 0 Å². The van der Waals surface area contributed by atoms with Gasteiger partial charge in [-0.15, -0.1) is 0 Å². The van der Waals surface area contributed by atoms with Crippen molar-refractivity contribution in [1.82, 2.24) is 5.32 Å². The van der Waals surface area contributed by atoms with Crippen LogP contribution >= 0.6 is 0 Å². The molecule has 1 aliphatic rings. The SMILES string of the molecule is CC(C)NCC1CCCC1CCCc1ccccc1. The summed E-state index contributed by atoms with van der Waals surface area (Å²) in [5, 5.41) is 3.63. The van der Waals surface area contributed by atoms with Gasteiger partial charge >= 0.3 is 0 Å². The summed E-state index contributed by atoms with van der Waals surface area (Å²) >= 11 is 0. The van der Waals surface area contributed by atoms with E-state index in [1.807, 2.05) is 0 Å². The van der Waals surface area contributed by atoms with Gasteiger partial charge in [0, 0.05) is 6.04 Å². The van der Waals surface area contributed by atoms with Crippen molar-refractivity contribution in [3.05, 3.63) is 35.9 Å². The molecular weight excluding hydrogens is 230 g/mol. The lowest BCUT2D eigenvalue weighted by atomic mass is 9.90. The van der Waals surface area contributed by atoms with Gasteiger partial charge in [-0.3, -0.25) is 0 Å². The first kappa shape index (κ1) is 14.6. The van der Waals surface area contributed by atoms with Crippen molar-refractivity contribution in [1.29, 1.82) is 0 Å². The van der Waals surface area contributed by atoms with Crippen molar-refractivity contribution in [2.24, 2.45) is 11.8 Å². The fourth-order valence-corrected chi connectivity index (χ4v) is 3.36. The summed E-state index contributed by atoms with van der Waals surface area (Å²) in [4.78, 5) is 0. The largest absolute Gasteiger partial charge is 0.314 e. The lowest BCUT2D eigenvalue weighted by molar-refractivity contribution is 0.332. The summed E-state index contributed by atoms with van der Waals surface area (Å²) in [5.74, 6) is 1.90. The second kappa shape index (κ2) is 7.69. The molecule has 1 heteroatoms. The molecule has 1 aromatic carbocycles. The van der Waals surface area contributed by atoms with E-state index in [0.717, 1.165) is 11.8 Å². The maximum Gasteiger partial charge on any atom is 0.00104 e. The lowest BCUT2D eigenvalue weighted by Crippen LogP contribution is -2.30. The molecule has 1 N–H and O–H groups in total. The molecule has 1 aliphatic carbocycles. The standard InChI is InChI=1S/C18H29N/c1-15(2)19-14-18-13-7-12-17(18)11-6-10-16-8-4-3-5-9-16/h3-5,8-9,15,17-19H,6-7,10-14H2,1-2H3. The monoisotopic (exact) mass is 259 g/mol. The van der Waals surface area contributed by atoms with Crippen LogP contribution in [0, 0.1) is 11.8 Å². The highest BCUT2D eigenvalue weighted by atomic mass is 14.9. The average molecular weight is 259 g/mol. The molecule has 2 unspecified atom stereocenters. The molecule has 1 aromatic rings. The van der Waals surface area contributed by atoms with Crippen LogP contribution < -0.4 is 5.32 Å². The molecule has 0 heterocycles. The molecule has 0 amide bonds. The Morgan fingerprint density at radius 2 is 1.84 bits per heavy atom. The Bertz CT molecular complexity index is 344. The minimum atomic E-state index is 0.630. The van der Waals surface area contributed by atoms with Crippen molar-refractivity contribution in [2.45, 2.75) is 58.4 Å². The zero-order chi connectivity index (χ0) is 13.5. The third-order valence-corrected chi connectivity index (χ3v) is 4.49. The summed E-state index contributed by atoms with van der Waals surface area (Å²) in [6.45, 7) is 5.73. The third-order valence-electron chi connectivity index (χ3n) is 4.49. The first-order chi connectivity index (χ1) is 9.25. The third kappa shape index (κ3) is 4.99. The maximum absolute atomic E-state index is 3.63. The zero-order valence-electron chi connectivity index (χ0n) is 12.6. The number of rotatable bonds is 7. The van der Waals surface area contributed by atoms with Crippen LogP contribution in [-0.4, -0.2) is 12.6 Å². The fraction of sp³-hybridized carbons (Fsp3) is 0.667. The first-order valence-electron chi connectivity index (χ1n) is 8.03. The van der Waals surface area contributed by atoms with Crippen LogP contribution in [0.3, 0.4) is 0 Å². The van der Waals surface area contributed by atoms with Gasteiger partial charge in [0.25, 0.3) is 0 Å². The quantitative estimate of drug-likeness (QED) is 0.764. The number of nitrogens with one attached hydrogen (secondary N) is 1. The normalized spacial score (nSPS) is 23.1. The Morgan fingerprint density at radius 1 is 1.11 bits per heavy atom. The Kier molecular flexibility index (Phi) is 5.91. The van der Waals surface area contributed by atoms with E-state index < -0.39 is 0 Å². The number of benzene rings is 1. The first-order valence-corrected chi connectivity index (χ1v) is 8.03. The van der Waals surface area contributed by atoms with Crippen LogP contribution in [0.2, 0.25) is 0 Å². The van der Waals surface area contributed by atoms with Gasteiger partial charge in [-0.2, -0.15) is 0 Å². The average Bonchev–Trinajstić information content (AvgIpc) is 2.85. The number of aryl methyl sites for hydroxylation is 1. The van der Waals surface area contributed by atoms with Crippen molar-refractivity contribution in [2.75, 3.05) is 6.54 Å². The van der Waals surface area contributed by atoms with Gasteiger partial charge < -0.3 is 5.32 Å². The molecule has 2 atom stereocenters. The van der Waals surface area contributed by atoms with E-state index in [2.05, 4.69) is 49.5 Å². The second-order valence-electron chi connectivity index (χ2n) is 6.39. The molecule has 2 rings (SSSR count). The van der Waals surface area contributed by atoms with Crippen molar-refractivity contribution < 1.29 is 0 Å². The maximum atomic E-state index is 3.63. The summed E-state index contributed by atoms with van der Waals surface area (Å²) in [5.41, 5.74) is 1.50. The second-order valence-corrected chi connectivity index (χ2v) is 6.39. The zero-order valence-corrected chi connectivity index (χ0v) is 12.6. The van der Waals surface area contributed by atoms with Gasteiger partial charge in [0.05, 0.1) is 0 Å². The molecule has 1 saturated carbocycles. The molecule has 0 aromatic heterocycles. The molecule has 0 saturated heterocycles. The van der Waals surface area contributed by atoms with E-state index in [0.29, 0.717) is 6.04 Å². The minimum Gasteiger partial charge on any atom is -0.314 e. The van der Waals surface area contributed by atoms with Crippen LogP contribution in [0.4, 0.5) is 0 Å². The molecule has 0 spiro atoms. The summed E-state index contributed by atoms with van der Waals surface area (Å²) < 4.78 is 0. The highest BCUT2D eigenvalue weighted by molar-refractivity contribution is 5.14. The minimum absolute atomic E-state index is 0.630. The van der Waals surface area contributed by atoms with Crippen LogP contribution in [-0.2, 0) is 6.42 Å². The van der Waals surface area contributed by atoms with Gasteiger partial charge in [-0.25, -0.2) is 0 Å². The molecule has 0 radical (unpaired) electrons. The van der Waals surface area contributed by atoms with Gasteiger partial charge in [-0.1, -0.05) is 57.0 Å². The molecule has 106 valence electrons. The predicted octanol–water partition coefficient (Wildman–Crippen LogP) is 4.42. The van der Waals surface area contributed by atoms with Crippen LogP contribution in [0.1, 0.15) is 51.5 Å².